The average molecular weight is 211 g/mol. The summed E-state index contributed by atoms with van der Waals surface area (Å²) in [6.07, 6.45) is 0. The maximum absolute atomic E-state index is 11.6. The Morgan fingerprint density at radius 2 is 2.27 bits per heavy atom. The van der Waals surface area contributed by atoms with E-state index in [1.54, 1.807) is 6.92 Å². The van der Waals surface area contributed by atoms with Crippen LogP contribution in [0.5, 0.6) is 0 Å². The number of carbonyl (C=O) groups is 1. The first kappa shape index (κ1) is 11.8. The molecule has 0 aromatic carbocycles. The number of hydrogen-bond donors (Lipinski definition) is 2. The van der Waals surface area contributed by atoms with E-state index in [0.29, 0.717) is 12.3 Å². The van der Waals surface area contributed by atoms with E-state index in [-0.39, 0.29) is 18.4 Å². The number of hydrogen-bond acceptors (Lipinski definition) is 3. The lowest BCUT2D eigenvalue weighted by Gasteiger charge is -2.08. The normalized spacial score (nSPS) is 12.5. The van der Waals surface area contributed by atoms with Crippen LogP contribution in [0.2, 0.25) is 0 Å². The summed E-state index contributed by atoms with van der Waals surface area (Å²) in [6, 6.07) is 1.82. The van der Waals surface area contributed by atoms with Crippen molar-refractivity contribution < 1.29 is 14.3 Å². The Bertz CT molecular complexity index is 344. The van der Waals surface area contributed by atoms with Crippen molar-refractivity contribution in [3.05, 3.63) is 23.2 Å². The second-order valence-electron chi connectivity index (χ2n) is 3.87. The van der Waals surface area contributed by atoms with E-state index in [1.165, 1.54) is 0 Å². The van der Waals surface area contributed by atoms with Crippen LogP contribution in [-0.4, -0.2) is 24.2 Å². The summed E-state index contributed by atoms with van der Waals surface area (Å²) in [5.41, 5.74) is 0.835. The SMILES string of the molecule is Cc1cc(C)c(C(=O)NCC(C)CO)o1. The predicted molar refractivity (Wildman–Crippen MR) is 56.8 cm³/mol. The molecule has 15 heavy (non-hydrogen) atoms. The molecule has 1 atom stereocenters. The summed E-state index contributed by atoms with van der Waals surface area (Å²) in [7, 11) is 0. The van der Waals surface area contributed by atoms with Crippen molar-refractivity contribution in [3.63, 3.8) is 0 Å². The van der Waals surface area contributed by atoms with Crippen LogP contribution in [0.25, 0.3) is 0 Å². The van der Waals surface area contributed by atoms with Gasteiger partial charge in [-0.3, -0.25) is 4.79 Å². The summed E-state index contributed by atoms with van der Waals surface area (Å²) >= 11 is 0. The number of aliphatic hydroxyl groups excluding tert-OH is 1. The Morgan fingerprint density at radius 3 is 2.73 bits per heavy atom. The van der Waals surface area contributed by atoms with Crippen molar-refractivity contribution in [2.24, 2.45) is 5.92 Å². The number of amides is 1. The summed E-state index contributed by atoms with van der Waals surface area (Å²) < 4.78 is 5.27. The third kappa shape index (κ3) is 3.09. The van der Waals surface area contributed by atoms with Gasteiger partial charge in [0.25, 0.3) is 5.91 Å². The molecule has 2 N–H and O–H groups in total. The maximum atomic E-state index is 11.6. The number of aryl methyl sites for hydroxylation is 2. The molecule has 0 bridgehead atoms. The minimum absolute atomic E-state index is 0.0605. The van der Waals surface area contributed by atoms with Crippen LogP contribution in [0.4, 0.5) is 0 Å². The highest BCUT2D eigenvalue weighted by molar-refractivity contribution is 5.92. The third-order valence-corrected chi connectivity index (χ3v) is 2.17. The van der Waals surface area contributed by atoms with Gasteiger partial charge in [0.2, 0.25) is 0 Å². The average Bonchev–Trinajstić information content (AvgIpc) is 2.53. The van der Waals surface area contributed by atoms with Gasteiger partial charge in [-0.15, -0.1) is 0 Å². The summed E-state index contributed by atoms with van der Waals surface area (Å²) in [4.78, 5) is 11.6. The first-order chi connectivity index (χ1) is 7.04. The second kappa shape index (κ2) is 4.98. The minimum Gasteiger partial charge on any atom is -0.456 e. The molecule has 1 unspecified atom stereocenters. The second-order valence-corrected chi connectivity index (χ2v) is 3.87. The van der Waals surface area contributed by atoms with E-state index >= 15 is 0 Å². The molecule has 0 radical (unpaired) electrons. The van der Waals surface area contributed by atoms with Crippen LogP contribution in [-0.2, 0) is 0 Å². The Hall–Kier alpha value is -1.29. The van der Waals surface area contributed by atoms with Crippen molar-refractivity contribution >= 4 is 5.91 Å². The zero-order chi connectivity index (χ0) is 11.4. The first-order valence-electron chi connectivity index (χ1n) is 5.00. The van der Waals surface area contributed by atoms with Crippen molar-refractivity contribution in [1.29, 1.82) is 0 Å². The van der Waals surface area contributed by atoms with Crippen molar-refractivity contribution in [1.82, 2.24) is 5.32 Å². The summed E-state index contributed by atoms with van der Waals surface area (Å²) in [6.45, 7) is 6.02. The molecule has 0 fully saturated rings. The Kier molecular flexibility index (Phi) is 3.91. The van der Waals surface area contributed by atoms with Crippen LogP contribution < -0.4 is 5.32 Å². The smallest absolute Gasteiger partial charge is 0.287 e. The molecule has 0 aliphatic carbocycles. The van der Waals surface area contributed by atoms with Gasteiger partial charge >= 0.3 is 0 Å². The summed E-state index contributed by atoms with van der Waals surface area (Å²) in [5, 5.41) is 11.5. The van der Waals surface area contributed by atoms with Crippen LogP contribution in [0.15, 0.2) is 10.5 Å². The summed E-state index contributed by atoms with van der Waals surface area (Å²) in [5.74, 6) is 0.928. The molecule has 1 aromatic heterocycles. The number of carbonyl (C=O) groups excluding carboxylic acids is 1. The number of furan rings is 1. The zero-order valence-electron chi connectivity index (χ0n) is 9.33. The fourth-order valence-corrected chi connectivity index (χ4v) is 1.28. The minimum atomic E-state index is -0.221. The van der Waals surface area contributed by atoms with Gasteiger partial charge in [-0.05, 0) is 25.8 Å². The van der Waals surface area contributed by atoms with Gasteiger partial charge in [-0.1, -0.05) is 6.92 Å². The molecular formula is C11H17NO3. The lowest BCUT2D eigenvalue weighted by molar-refractivity contribution is 0.0912. The fourth-order valence-electron chi connectivity index (χ4n) is 1.28. The van der Waals surface area contributed by atoms with Crippen LogP contribution in [0, 0.1) is 19.8 Å². The first-order valence-corrected chi connectivity index (χ1v) is 5.00. The highest BCUT2D eigenvalue weighted by atomic mass is 16.3. The van der Waals surface area contributed by atoms with Crippen molar-refractivity contribution in [3.8, 4) is 0 Å². The van der Waals surface area contributed by atoms with Gasteiger partial charge in [0.15, 0.2) is 5.76 Å². The molecular weight excluding hydrogens is 194 g/mol. The molecule has 1 amide bonds. The number of nitrogens with one attached hydrogen (secondary N) is 1. The van der Waals surface area contributed by atoms with E-state index in [2.05, 4.69) is 5.32 Å². The monoisotopic (exact) mass is 211 g/mol. The molecule has 4 nitrogen and oxygen atoms in total. The van der Waals surface area contributed by atoms with Crippen molar-refractivity contribution in [2.75, 3.05) is 13.2 Å². The van der Waals surface area contributed by atoms with E-state index < -0.39 is 0 Å². The van der Waals surface area contributed by atoms with Crippen LogP contribution in [0.1, 0.15) is 28.8 Å². The number of aliphatic hydroxyl groups is 1. The lowest BCUT2D eigenvalue weighted by atomic mass is 10.2. The van der Waals surface area contributed by atoms with Gasteiger partial charge in [0, 0.05) is 18.7 Å². The van der Waals surface area contributed by atoms with Gasteiger partial charge in [-0.25, -0.2) is 0 Å². The molecule has 4 heteroatoms. The Morgan fingerprint density at radius 1 is 1.60 bits per heavy atom. The lowest BCUT2D eigenvalue weighted by Crippen LogP contribution is -2.29. The van der Waals surface area contributed by atoms with Gasteiger partial charge in [0.05, 0.1) is 0 Å². The highest BCUT2D eigenvalue weighted by Gasteiger charge is 2.14. The molecule has 84 valence electrons. The molecule has 0 aliphatic rings. The Balaban J connectivity index is 2.58. The maximum Gasteiger partial charge on any atom is 0.287 e. The number of rotatable bonds is 4. The Labute approximate surface area is 89.3 Å². The quantitative estimate of drug-likeness (QED) is 0.788. The van der Waals surface area contributed by atoms with Crippen molar-refractivity contribution in [2.45, 2.75) is 20.8 Å². The molecule has 0 saturated heterocycles. The molecule has 0 aliphatic heterocycles. The standard InChI is InChI=1S/C11H17NO3/c1-7(6-13)5-12-11(14)10-8(2)4-9(3)15-10/h4,7,13H,5-6H2,1-3H3,(H,12,14). The molecule has 0 spiro atoms. The van der Waals surface area contributed by atoms with E-state index in [1.807, 2.05) is 19.9 Å². The largest absolute Gasteiger partial charge is 0.456 e. The molecule has 1 rings (SSSR count). The van der Waals surface area contributed by atoms with Crippen LogP contribution >= 0.6 is 0 Å². The van der Waals surface area contributed by atoms with E-state index in [4.69, 9.17) is 9.52 Å². The fraction of sp³-hybridized carbons (Fsp3) is 0.545. The van der Waals surface area contributed by atoms with Crippen LogP contribution in [0.3, 0.4) is 0 Å². The molecule has 0 saturated carbocycles. The topological polar surface area (TPSA) is 62.5 Å². The van der Waals surface area contributed by atoms with Gasteiger partial charge < -0.3 is 14.8 Å². The zero-order valence-corrected chi connectivity index (χ0v) is 9.33. The third-order valence-electron chi connectivity index (χ3n) is 2.17. The van der Waals surface area contributed by atoms with E-state index in [0.717, 1.165) is 11.3 Å². The van der Waals surface area contributed by atoms with Gasteiger partial charge in [-0.2, -0.15) is 0 Å². The molecule has 1 aromatic rings. The molecule has 1 heterocycles. The van der Waals surface area contributed by atoms with Gasteiger partial charge in [0.1, 0.15) is 5.76 Å². The highest BCUT2D eigenvalue weighted by Crippen LogP contribution is 2.13. The van der Waals surface area contributed by atoms with E-state index in [9.17, 15) is 4.79 Å². The predicted octanol–water partition coefficient (Wildman–Crippen LogP) is 1.25.